The first kappa shape index (κ1) is 18.1. The minimum absolute atomic E-state index is 0.179. The Morgan fingerprint density at radius 3 is 2.52 bits per heavy atom. The van der Waals surface area contributed by atoms with E-state index in [2.05, 4.69) is 28.1 Å². The molecule has 0 N–H and O–H groups in total. The molecular formula is C22H18BrF2NO. The molecule has 5 heteroatoms. The van der Waals surface area contributed by atoms with Crippen LogP contribution >= 0.6 is 15.9 Å². The quantitative estimate of drug-likeness (QED) is 0.493. The summed E-state index contributed by atoms with van der Waals surface area (Å²) in [5.41, 5.74) is 4.78. The van der Waals surface area contributed by atoms with Gasteiger partial charge in [0.1, 0.15) is 11.6 Å². The van der Waals surface area contributed by atoms with Crippen LogP contribution in [0.2, 0.25) is 0 Å². The van der Waals surface area contributed by atoms with Crippen molar-refractivity contribution in [2.75, 3.05) is 0 Å². The lowest BCUT2D eigenvalue weighted by molar-refractivity contribution is 0.0983. The molecule has 1 aliphatic rings. The molecule has 0 saturated heterocycles. The number of benzene rings is 2. The summed E-state index contributed by atoms with van der Waals surface area (Å²) < 4.78 is 30.7. The third-order valence-electron chi connectivity index (χ3n) is 5.22. The monoisotopic (exact) mass is 429 g/mol. The van der Waals surface area contributed by atoms with Crippen molar-refractivity contribution in [1.29, 1.82) is 0 Å². The first-order valence-corrected chi connectivity index (χ1v) is 9.68. The lowest BCUT2D eigenvalue weighted by atomic mass is 10.0. The van der Waals surface area contributed by atoms with Crippen LogP contribution in [0.1, 0.15) is 33.6 Å². The van der Waals surface area contributed by atoms with Crippen LogP contribution in [0.4, 0.5) is 8.78 Å². The zero-order chi connectivity index (χ0) is 19.1. The highest BCUT2D eigenvalue weighted by Crippen LogP contribution is 2.36. The van der Waals surface area contributed by atoms with E-state index >= 15 is 0 Å². The summed E-state index contributed by atoms with van der Waals surface area (Å²) >= 11 is 3.53. The van der Waals surface area contributed by atoms with Crippen molar-refractivity contribution >= 4 is 21.7 Å². The Balaban J connectivity index is 1.77. The van der Waals surface area contributed by atoms with Gasteiger partial charge in [-0.05, 0) is 60.7 Å². The van der Waals surface area contributed by atoms with Gasteiger partial charge in [-0.2, -0.15) is 0 Å². The van der Waals surface area contributed by atoms with E-state index in [0.29, 0.717) is 5.69 Å². The standard InChI is InChI=1S/C22H18BrF2NO/c1-26-20(21(27)12-17-18(24)6-3-7-19(17)25)10-14-5-2-4-13-8-9-15(23)11-16(13)22(14)26/h3,6-11H,2,4-5,12H2,1H3. The average Bonchev–Trinajstić information content (AvgIpc) is 2.85. The molecule has 0 amide bonds. The molecule has 2 nitrogen and oxygen atoms in total. The summed E-state index contributed by atoms with van der Waals surface area (Å²) in [5.74, 6) is -1.66. The van der Waals surface area contributed by atoms with Gasteiger partial charge in [0.2, 0.25) is 0 Å². The highest BCUT2D eigenvalue weighted by atomic mass is 79.9. The number of rotatable bonds is 3. The molecule has 1 aromatic heterocycles. The van der Waals surface area contributed by atoms with Crippen molar-refractivity contribution in [3.05, 3.63) is 81.0 Å². The molecule has 3 aromatic rings. The van der Waals surface area contributed by atoms with Crippen LogP contribution < -0.4 is 0 Å². The van der Waals surface area contributed by atoms with E-state index in [4.69, 9.17) is 0 Å². The topological polar surface area (TPSA) is 22.0 Å². The molecule has 0 atom stereocenters. The lowest BCUT2D eigenvalue weighted by Gasteiger charge is -2.12. The average molecular weight is 430 g/mol. The van der Waals surface area contributed by atoms with E-state index in [0.717, 1.165) is 40.6 Å². The largest absolute Gasteiger partial charge is 0.341 e. The molecule has 2 aromatic carbocycles. The van der Waals surface area contributed by atoms with E-state index in [9.17, 15) is 13.6 Å². The van der Waals surface area contributed by atoms with Gasteiger partial charge in [-0.25, -0.2) is 8.78 Å². The number of aryl methyl sites for hydroxylation is 2. The molecule has 0 saturated carbocycles. The van der Waals surface area contributed by atoms with E-state index < -0.39 is 11.6 Å². The van der Waals surface area contributed by atoms with E-state index in [1.54, 1.807) is 0 Å². The van der Waals surface area contributed by atoms with Gasteiger partial charge in [0.05, 0.1) is 11.4 Å². The Hall–Kier alpha value is -2.27. The molecule has 0 spiro atoms. The van der Waals surface area contributed by atoms with Crippen molar-refractivity contribution in [3.8, 4) is 11.3 Å². The van der Waals surface area contributed by atoms with Gasteiger partial charge in [-0.15, -0.1) is 0 Å². The van der Waals surface area contributed by atoms with Crippen molar-refractivity contribution < 1.29 is 13.6 Å². The summed E-state index contributed by atoms with van der Waals surface area (Å²) in [6.45, 7) is 0. The van der Waals surface area contributed by atoms with Crippen LogP contribution in [0, 0.1) is 11.6 Å². The van der Waals surface area contributed by atoms with Crippen molar-refractivity contribution in [1.82, 2.24) is 4.57 Å². The minimum Gasteiger partial charge on any atom is -0.341 e. The van der Waals surface area contributed by atoms with Gasteiger partial charge >= 0.3 is 0 Å². The van der Waals surface area contributed by atoms with Crippen molar-refractivity contribution in [2.24, 2.45) is 7.05 Å². The Kier molecular flexibility index (Phi) is 4.72. The SMILES string of the molecule is Cn1c(C(=O)Cc2c(F)cccc2F)cc2c1-c1cc(Br)ccc1CCC2. The van der Waals surface area contributed by atoms with Gasteiger partial charge in [-0.1, -0.05) is 28.1 Å². The predicted molar refractivity (Wildman–Crippen MR) is 105 cm³/mol. The Morgan fingerprint density at radius 1 is 1.07 bits per heavy atom. The number of halogens is 3. The van der Waals surface area contributed by atoms with Gasteiger partial charge in [-0.3, -0.25) is 4.79 Å². The van der Waals surface area contributed by atoms with Gasteiger partial charge in [0.15, 0.2) is 5.78 Å². The highest BCUT2D eigenvalue weighted by Gasteiger charge is 2.24. The Labute approximate surface area is 165 Å². The van der Waals surface area contributed by atoms with Crippen LogP contribution in [0.3, 0.4) is 0 Å². The summed E-state index contributed by atoms with van der Waals surface area (Å²) in [7, 11) is 1.85. The second kappa shape index (κ2) is 7.04. The number of hydrogen-bond donors (Lipinski definition) is 0. The summed E-state index contributed by atoms with van der Waals surface area (Å²) in [5, 5.41) is 0. The van der Waals surface area contributed by atoms with Crippen LogP contribution in [-0.2, 0) is 26.3 Å². The number of fused-ring (bicyclic) bond motifs is 3. The maximum Gasteiger partial charge on any atom is 0.183 e. The minimum atomic E-state index is -0.687. The fourth-order valence-corrected chi connectivity index (χ4v) is 4.25. The zero-order valence-electron chi connectivity index (χ0n) is 14.9. The first-order chi connectivity index (χ1) is 13.0. The number of ketones is 1. The van der Waals surface area contributed by atoms with Crippen molar-refractivity contribution in [2.45, 2.75) is 25.7 Å². The van der Waals surface area contributed by atoms with Crippen LogP contribution in [0.5, 0.6) is 0 Å². The fourth-order valence-electron chi connectivity index (χ4n) is 3.89. The predicted octanol–water partition coefficient (Wildman–Crippen LogP) is 5.65. The normalized spacial score (nSPS) is 13.0. The van der Waals surface area contributed by atoms with E-state index in [-0.39, 0.29) is 17.8 Å². The molecule has 138 valence electrons. The second-order valence-corrected chi connectivity index (χ2v) is 7.83. The molecule has 4 rings (SSSR count). The third-order valence-corrected chi connectivity index (χ3v) is 5.71. The van der Waals surface area contributed by atoms with Gasteiger partial charge in [0, 0.05) is 29.1 Å². The molecule has 1 heterocycles. The summed E-state index contributed by atoms with van der Waals surface area (Å²) in [6.07, 6.45) is 2.57. The molecule has 0 fully saturated rings. The fraction of sp³-hybridized carbons (Fsp3) is 0.227. The highest BCUT2D eigenvalue weighted by molar-refractivity contribution is 9.10. The maximum atomic E-state index is 13.9. The van der Waals surface area contributed by atoms with E-state index in [1.165, 1.54) is 23.8 Å². The van der Waals surface area contributed by atoms with Gasteiger partial charge < -0.3 is 4.57 Å². The lowest BCUT2D eigenvalue weighted by Crippen LogP contribution is -2.12. The number of carbonyl (C=O) groups is 1. The zero-order valence-corrected chi connectivity index (χ0v) is 16.4. The second-order valence-electron chi connectivity index (χ2n) is 6.92. The molecule has 0 aliphatic heterocycles. The number of nitrogens with zero attached hydrogens (tertiary/aromatic N) is 1. The number of carbonyl (C=O) groups excluding carboxylic acids is 1. The third kappa shape index (κ3) is 3.25. The van der Waals surface area contributed by atoms with Crippen molar-refractivity contribution in [3.63, 3.8) is 0 Å². The number of Topliss-reactive ketones (excluding diaryl/α,β-unsaturated/α-hetero) is 1. The number of aromatic nitrogens is 1. The number of hydrogen-bond acceptors (Lipinski definition) is 1. The van der Waals surface area contributed by atoms with Crippen LogP contribution in [-0.4, -0.2) is 10.4 Å². The van der Waals surface area contributed by atoms with Crippen LogP contribution in [0.25, 0.3) is 11.3 Å². The molecular weight excluding hydrogens is 412 g/mol. The Morgan fingerprint density at radius 2 is 1.78 bits per heavy atom. The molecule has 1 aliphatic carbocycles. The molecule has 0 radical (unpaired) electrons. The molecule has 0 unspecified atom stereocenters. The maximum absolute atomic E-state index is 13.9. The van der Waals surface area contributed by atoms with Crippen LogP contribution in [0.15, 0.2) is 46.9 Å². The summed E-state index contributed by atoms with van der Waals surface area (Å²) in [6, 6.07) is 11.8. The Bertz CT molecular complexity index is 1030. The van der Waals surface area contributed by atoms with Gasteiger partial charge in [0.25, 0.3) is 0 Å². The molecule has 0 bridgehead atoms. The van der Waals surface area contributed by atoms with E-state index in [1.807, 2.05) is 23.7 Å². The summed E-state index contributed by atoms with van der Waals surface area (Å²) in [4.78, 5) is 12.9. The first-order valence-electron chi connectivity index (χ1n) is 8.89. The molecule has 27 heavy (non-hydrogen) atoms. The smallest absolute Gasteiger partial charge is 0.183 e.